The molecule has 13 heavy (non-hydrogen) atoms. The highest BCUT2D eigenvalue weighted by molar-refractivity contribution is 9.10. The van der Waals surface area contributed by atoms with Crippen LogP contribution in [0.15, 0.2) is 16.9 Å². The Morgan fingerprint density at radius 2 is 2.38 bits per heavy atom. The number of carbonyl (C=O) groups excluding carboxylic acids is 1. The molecular weight excluding hydrogens is 234 g/mol. The van der Waals surface area contributed by atoms with Gasteiger partial charge in [0.1, 0.15) is 4.60 Å². The Hall–Kier alpha value is -0.900. The number of halogens is 1. The zero-order chi connectivity index (χ0) is 9.84. The number of carbonyl (C=O) groups is 1. The first-order chi connectivity index (χ1) is 6.13. The molecule has 0 bridgehead atoms. The van der Waals surface area contributed by atoms with Gasteiger partial charge in [-0.05, 0) is 34.0 Å². The standard InChI is InChI=1S/C9H10BrNO2/c1-6-3-7(4-8(12)13-2)5-11-9(6)10/h3,5H,4H2,1-2H3. The van der Waals surface area contributed by atoms with Gasteiger partial charge in [-0.2, -0.15) is 0 Å². The minimum atomic E-state index is -0.247. The van der Waals surface area contributed by atoms with Crippen LogP contribution in [0.5, 0.6) is 0 Å². The highest BCUT2D eigenvalue weighted by atomic mass is 79.9. The van der Waals surface area contributed by atoms with Gasteiger partial charge in [0, 0.05) is 6.20 Å². The van der Waals surface area contributed by atoms with Gasteiger partial charge in [-0.1, -0.05) is 6.07 Å². The molecule has 1 heterocycles. The maximum Gasteiger partial charge on any atom is 0.310 e. The number of ether oxygens (including phenoxy) is 1. The molecule has 0 aliphatic rings. The Morgan fingerprint density at radius 3 is 2.92 bits per heavy atom. The van der Waals surface area contributed by atoms with Crippen LogP contribution >= 0.6 is 15.9 Å². The van der Waals surface area contributed by atoms with E-state index in [0.717, 1.165) is 15.7 Å². The molecule has 0 saturated heterocycles. The summed E-state index contributed by atoms with van der Waals surface area (Å²) >= 11 is 3.29. The number of pyridine rings is 1. The van der Waals surface area contributed by atoms with Crippen molar-refractivity contribution in [1.29, 1.82) is 0 Å². The van der Waals surface area contributed by atoms with Crippen molar-refractivity contribution in [3.8, 4) is 0 Å². The van der Waals surface area contributed by atoms with E-state index in [0.29, 0.717) is 0 Å². The lowest BCUT2D eigenvalue weighted by atomic mass is 10.2. The molecule has 4 heteroatoms. The smallest absolute Gasteiger partial charge is 0.310 e. The maximum atomic E-state index is 10.9. The second kappa shape index (κ2) is 4.37. The van der Waals surface area contributed by atoms with E-state index in [4.69, 9.17) is 0 Å². The molecule has 0 fully saturated rings. The van der Waals surface area contributed by atoms with Crippen molar-refractivity contribution in [2.75, 3.05) is 7.11 Å². The van der Waals surface area contributed by atoms with Crippen LogP contribution in [0.4, 0.5) is 0 Å². The molecule has 1 aromatic heterocycles. The molecule has 70 valence electrons. The molecule has 0 atom stereocenters. The van der Waals surface area contributed by atoms with Crippen molar-refractivity contribution >= 4 is 21.9 Å². The van der Waals surface area contributed by atoms with Crippen molar-refractivity contribution in [1.82, 2.24) is 4.98 Å². The number of aromatic nitrogens is 1. The summed E-state index contributed by atoms with van der Waals surface area (Å²) in [5.41, 5.74) is 1.88. The number of aryl methyl sites for hydroxylation is 1. The number of nitrogens with zero attached hydrogens (tertiary/aromatic N) is 1. The zero-order valence-electron chi connectivity index (χ0n) is 7.50. The van der Waals surface area contributed by atoms with Crippen LogP contribution in [-0.4, -0.2) is 18.1 Å². The fourth-order valence-corrected chi connectivity index (χ4v) is 1.17. The Bertz CT molecular complexity index is 325. The van der Waals surface area contributed by atoms with Gasteiger partial charge in [-0.3, -0.25) is 4.79 Å². The summed E-state index contributed by atoms with van der Waals surface area (Å²) < 4.78 is 5.35. The summed E-state index contributed by atoms with van der Waals surface area (Å²) in [7, 11) is 1.38. The summed E-state index contributed by atoms with van der Waals surface area (Å²) in [6.45, 7) is 1.93. The molecule has 0 radical (unpaired) electrons. The van der Waals surface area contributed by atoms with E-state index in [2.05, 4.69) is 25.7 Å². The van der Waals surface area contributed by atoms with Crippen LogP contribution in [0.1, 0.15) is 11.1 Å². The third-order valence-electron chi connectivity index (χ3n) is 1.65. The second-order valence-electron chi connectivity index (χ2n) is 2.70. The van der Waals surface area contributed by atoms with Crippen molar-refractivity contribution < 1.29 is 9.53 Å². The summed E-state index contributed by atoms with van der Waals surface area (Å²) in [6.07, 6.45) is 1.94. The fourth-order valence-electron chi connectivity index (χ4n) is 0.952. The third-order valence-corrected chi connectivity index (χ3v) is 2.48. The monoisotopic (exact) mass is 243 g/mol. The molecule has 0 N–H and O–H groups in total. The topological polar surface area (TPSA) is 39.2 Å². The molecule has 0 aliphatic carbocycles. The molecule has 0 aliphatic heterocycles. The second-order valence-corrected chi connectivity index (χ2v) is 3.46. The van der Waals surface area contributed by atoms with Crippen molar-refractivity contribution in [2.24, 2.45) is 0 Å². The minimum absolute atomic E-state index is 0.247. The molecule has 1 aromatic rings. The van der Waals surface area contributed by atoms with Gasteiger partial charge in [0.05, 0.1) is 13.5 Å². The third kappa shape index (κ3) is 2.81. The van der Waals surface area contributed by atoms with E-state index in [1.165, 1.54) is 7.11 Å². The number of hydrogen-bond donors (Lipinski definition) is 0. The summed E-state index contributed by atoms with van der Waals surface area (Å²) in [6, 6.07) is 1.91. The van der Waals surface area contributed by atoms with Crippen LogP contribution in [-0.2, 0) is 16.0 Å². The Kier molecular flexibility index (Phi) is 3.42. The largest absolute Gasteiger partial charge is 0.469 e. The van der Waals surface area contributed by atoms with E-state index < -0.39 is 0 Å². The fraction of sp³-hybridized carbons (Fsp3) is 0.333. The summed E-state index contributed by atoms with van der Waals surface area (Å²) in [5, 5.41) is 0. The molecule has 3 nitrogen and oxygen atoms in total. The first-order valence-electron chi connectivity index (χ1n) is 3.81. The van der Waals surface area contributed by atoms with E-state index >= 15 is 0 Å². The Morgan fingerprint density at radius 1 is 1.69 bits per heavy atom. The van der Waals surface area contributed by atoms with Gasteiger partial charge in [-0.15, -0.1) is 0 Å². The molecule has 0 aromatic carbocycles. The highest BCUT2D eigenvalue weighted by Gasteiger charge is 2.04. The van der Waals surface area contributed by atoms with E-state index in [-0.39, 0.29) is 12.4 Å². The van der Waals surface area contributed by atoms with Gasteiger partial charge >= 0.3 is 5.97 Å². The van der Waals surface area contributed by atoms with Crippen molar-refractivity contribution in [3.63, 3.8) is 0 Å². The van der Waals surface area contributed by atoms with Crippen LogP contribution < -0.4 is 0 Å². The van der Waals surface area contributed by atoms with Crippen LogP contribution in [0, 0.1) is 6.92 Å². The Labute approximate surface area is 85.3 Å². The number of methoxy groups -OCH3 is 1. The van der Waals surface area contributed by atoms with E-state index in [1.54, 1.807) is 6.20 Å². The molecular formula is C9H10BrNO2. The normalized spacial score (nSPS) is 9.77. The van der Waals surface area contributed by atoms with Crippen LogP contribution in [0.25, 0.3) is 0 Å². The number of hydrogen-bond acceptors (Lipinski definition) is 3. The predicted octanol–water partition coefficient (Wildman–Crippen LogP) is 1.87. The van der Waals surface area contributed by atoms with Gasteiger partial charge in [0.2, 0.25) is 0 Å². The number of esters is 1. The zero-order valence-corrected chi connectivity index (χ0v) is 9.09. The van der Waals surface area contributed by atoms with Gasteiger partial charge in [0.15, 0.2) is 0 Å². The molecule has 0 unspecified atom stereocenters. The van der Waals surface area contributed by atoms with E-state index in [9.17, 15) is 4.79 Å². The lowest BCUT2D eigenvalue weighted by molar-refractivity contribution is -0.139. The minimum Gasteiger partial charge on any atom is -0.469 e. The van der Waals surface area contributed by atoms with Crippen molar-refractivity contribution in [2.45, 2.75) is 13.3 Å². The first-order valence-corrected chi connectivity index (χ1v) is 4.60. The predicted molar refractivity (Wildman–Crippen MR) is 52.4 cm³/mol. The van der Waals surface area contributed by atoms with Crippen LogP contribution in [0.3, 0.4) is 0 Å². The highest BCUT2D eigenvalue weighted by Crippen LogP contribution is 2.13. The SMILES string of the molecule is COC(=O)Cc1cnc(Br)c(C)c1. The molecule has 0 spiro atoms. The van der Waals surface area contributed by atoms with Gasteiger partial charge < -0.3 is 4.74 Å². The molecule has 0 saturated carbocycles. The van der Waals surface area contributed by atoms with Gasteiger partial charge in [0.25, 0.3) is 0 Å². The quantitative estimate of drug-likeness (QED) is 0.588. The number of rotatable bonds is 2. The molecule has 0 amide bonds. The lowest BCUT2D eigenvalue weighted by Crippen LogP contribution is -2.05. The average molecular weight is 244 g/mol. The van der Waals surface area contributed by atoms with Crippen molar-refractivity contribution in [3.05, 3.63) is 28.0 Å². The first kappa shape index (κ1) is 10.2. The van der Waals surface area contributed by atoms with E-state index in [1.807, 2.05) is 13.0 Å². The summed E-state index contributed by atoms with van der Waals surface area (Å²) in [5.74, 6) is -0.247. The van der Waals surface area contributed by atoms with Crippen LogP contribution in [0.2, 0.25) is 0 Å². The Balaban J connectivity index is 2.79. The van der Waals surface area contributed by atoms with Gasteiger partial charge in [-0.25, -0.2) is 4.98 Å². The lowest BCUT2D eigenvalue weighted by Gasteiger charge is -2.01. The average Bonchev–Trinajstić information content (AvgIpc) is 2.11. The maximum absolute atomic E-state index is 10.9. The summed E-state index contributed by atoms with van der Waals surface area (Å²) in [4.78, 5) is 15.0. The molecule has 1 rings (SSSR count).